The zero-order valence-corrected chi connectivity index (χ0v) is 11.7. The molecule has 100 valence electrons. The van der Waals surface area contributed by atoms with Gasteiger partial charge in [0.2, 0.25) is 0 Å². The molecule has 0 aromatic carbocycles. The highest BCUT2D eigenvalue weighted by molar-refractivity contribution is 7.10. The number of aromatic carboxylic acids is 1. The molecule has 1 saturated carbocycles. The van der Waals surface area contributed by atoms with Crippen molar-refractivity contribution in [3.05, 3.63) is 21.9 Å². The first kappa shape index (κ1) is 13.6. The predicted molar refractivity (Wildman–Crippen MR) is 74.2 cm³/mol. The standard InChI is InChI=1S/C14H21NO2S/c1-2-14(5-3-4-6-14)10-15-8-12-7-11(9-18-12)13(16)17/h7,9,15H,2-6,8,10H2,1H3,(H,16,17). The normalized spacial score (nSPS) is 18.1. The molecule has 0 unspecified atom stereocenters. The molecule has 1 aliphatic carbocycles. The molecule has 1 aromatic heterocycles. The Labute approximate surface area is 112 Å². The number of hydrogen-bond donors (Lipinski definition) is 2. The number of carboxylic acid groups (broad SMARTS) is 1. The van der Waals surface area contributed by atoms with Crippen LogP contribution in [0.5, 0.6) is 0 Å². The predicted octanol–water partition coefficient (Wildman–Crippen LogP) is 3.51. The molecule has 1 heterocycles. The average Bonchev–Trinajstić information content (AvgIpc) is 2.98. The lowest BCUT2D eigenvalue weighted by Crippen LogP contribution is -2.31. The number of thiophene rings is 1. The van der Waals surface area contributed by atoms with Gasteiger partial charge in [-0.15, -0.1) is 11.3 Å². The van der Waals surface area contributed by atoms with E-state index in [9.17, 15) is 4.79 Å². The average molecular weight is 267 g/mol. The van der Waals surface area contributed by atoms with Crippen LogP contribution in [0.3, 0.4) is 0 Å². The lowest BCUT2D eigenvalue weighted by Gasteiger charge is -2.27. The second-order valence-corrected chi connectivity index (χ2v) is 6.27. The fourth-order valence-electron chi connectivity index (χ4n) is 2.82. The summed E-state index contributed by atoms with van der Waals surface area (Å²) < 4.78 is 0. The van der Waals surface area contributed by atoms with E-state index < -0.39 is 5.97 Å². The molecular weight excluding hydrogens is 246 g/mol. The van der Waals surface area contributed by atoms with E-state index in [4.69, 9.17) is 5.11 Å². The lowest BCUT2D eigenvalue weighted by atomic mass is 9.83. The van der Waals surface area contributed by atoms with Gasteiger partial charge in [0.15, 0.2) is 0 Å². The van der Waals surface area contributed by atoms with Gasteiger partial charge in [-0.25, -0.2) is 4.79 Å². The molecule has 1 aliphatic rings. The van der Waals surface area contributed by atoms with E-state index in [0.717, 1.165) is 18.0 Å². The summed E-state index contributed by atoms with van der Waals surface area (Å²) in [6.45, 7) is 4.13. The highest BCUT2D eigenvalue weighted by Crippen LogP contribution is 2.40. The van der Waals surface area contributed by atoms with Crippen LogP contribution in [0.15, 0.2) is 11.4 Å². The Morgan fingerprint density at radius 2 is 2.22 bits per heavy atom. The van der Waals surface area contributed by atoms with Gasteiger partial charge in [0.25, 0.3) is 0 Å². The number of rotatable bonds is 6. The first-order valence-corrected chi connectivity index (χ1v) is 7.55. The molecule has 1 fully saturated rings. The monoisotopic (exact) mass is 267 g/mol. The number of carbonyl (C=O) groups is 1. The van der Waals surface area contributed by atoms with Gasteiger partial charge in [-0.1, -0.05) is 19.8 Å². The molecule has 0 atom stereocenters. The fraction of sp³-hybridized carbons (Fsp3) is 0.643. The SMILES string of the molecule is CCC1(CNCc2cc(C(=O)O)cs2)CCCC1. The zero-order chi connectivity index (χ0) is 13.0. The summed E-state index contributed by atoms with van der Waals surface area (Å²) in [7, 11) is 0. The summed E-state index contributed by atoms with van der Waals surface area (Å²) in [5.74, 6) is -0.835. The summed E-state index contributed by atoms with van der Waals surface area (Å²) in [6, 6.07) is 1.77. The molecule has 0 radical (unpaired) electrons. The Morgan fingerprint density at radius 1 is 1.50 bits per heavy atom. The minimum absolute atomic E-state index is 0.405. The van der Waals surface area contributed by atoms with Crippen molar-refractivity contribution in [2.24, 2.45) is 5.41 Å². The maximum Gasteiger partial charge on any atom is 0.336 e. The third-order valence-electron chi connectivity index (χ3n) is 4.11. The molecule has 2 rings (SSSR count). The van der Waals surface area contributed by atoms with E-state index in [1.54, 1.807) is 11.4 Å². The number of hydrogen-bond acceptors (Lipinski definition) is 3. The number of nitrogens with one attached hydrogen (secondary N) is 1. The van der Waals surface area contributed by atoms with E-state index in [2.05, 4.69) is 12.2 Å². The van der Waals surface area contributed by atoms with Crippen LogP contribution in [0.2, 0.25) is 0 Å². The quantitative estimate of drug-likeness (QED) is 0.829. The Balaban J connectivity index is 1.82. The fourth-order valence-corrected chi connectivity index (χ4v) is 3.64. The van der Waals surface area contributed by atoms with Crippen LogP contribution < -0.4 is 5.32 Å². The van der Waals surface area contributed by atoms with Crippen LogP contribution in [0, 0.1) is 5.41 Å². The van der Waals surface area contributed by atoms with Crippen molar-refractivity contribution in [1.29, 1.82) is 0 Å². The topological polar surface area (TPSA) is 49.3 Å². The molecule has 2 N–H and O–H groups in total. The van der Waals surface area contributed by atoms with Crippen LogP contribution in [0.1, 0.15) is 54.3 Å². The van der Waals surface area contributed by atoms with Crippen molar-refractivity contribution in [3.63, 3.8) is 0 Å². The lowest BCUT2D eigenvalue weighted by molar-refractivity contribution is 0.0697. The molecular formula is C14H21NO2S. The van der Waals surface area contributed by atoms with E-state index in [-0.39, 0.29) is 0 Å². The van der Waals surface area contributed by atoms with Gasteiger partial charge in [-0.3, -0.25) is 0 Å². The van der Waals surface area contributed by atoms with Gasteiger partial charge in [0, 0.05) is 23.3 Å². The van der Waals surface area contributed by atoms with E-state index in [0.29, 0.717) is 11.0 Å². The largest absolute Gasteiger partial charge is 0.478 e. The van der Waals surface area contributed by atoms with Crippen LogP contribution in [0.4, 0.5) is 0 Å². The summed E-state index contributed by atoms with van der Waals surface area (Å²) >= 11 is 1.52. The third-order valence-corrected chi connectivity index (χ3v) is 5.05. The smallest absolute Gasteiger partial charge is 0.336 e. The van der Waals surface area contributed by atoms with E-state index >= 15 is 0 Å². The van der Waals surface area contributed by atoms with E-state index in [1.807, 2.05) is 0 Å². The molecule has 0 bridgehead atoms. The molecule has 0 spiro atoms. The Bertz CT molecular complexity index is 408. The van der Waals surface area contributed by atoms with Gasteiger partial charge in [0.05, 0.1) is 5.56 Å². The molecule has 1 aromatic rings. The third kappa shape index (κ3) is 3.12. The van der Waals surface area contributed by atoms with Crippen LogP contribution in [-0.4, -0.2) is 17.6 Å². The summed E-state index contributed by atoms with van der Waals surface area (Å²) in [6.07, 6.45) is 6.63. The molecule has 3 nitrogen and oxygen atoms in total. The van der Waals surface area contributed by atoms with Crippen molar-refractivity contribution >= 4 is 17.3 Å². The zero-order valence-electron chi connectivity index (χ0n) is 10.9. The maximum atomic E-state index is 10.8. The van der Waals surface area contributed by atoms with Gasteiger partial charge in [-0.05, 0) is 30.7 Å². The molecule has 4 heteroatoms. The van der Waals surface area contributed by atoms with Crippen LogP contribution in [0.25, 0.3) is 0 Å². The first-order valence-electron chi connectivity index (χ1n) is 6.67. The maximum absolute atomic E-state index is 10.8. The Morgan fingerprint density at radius 3 is 2.78 bits per heavy atom. The van der Waals surface area contributed by atoms with Crippen molar-refractivity contribution in [2.45, 2.75) is 45.6 Å². The van der Waals surface area contributed by atoms with Crippen molar-refractivity contribution in [2.75, 3.05) is 6.54 Å². The second-order valence-electron chi connectivity index (χ2n) is 5.27. The van der Waals surface area contributed by atoms with Gasteiger partial charge < -0.3 is 10.4 Å². The molecule has 0 saturated heterocycles. The highest BCUT2D eigenvalue weighted by atomic mass is 32.1. The first-order chi connectivity index (χ1) is 8.65. The Hall–Kier alpha value is -0.870. The highest BCUT2D eigenvalue weighted by Gasteiger charge is 2.31. The van der Waals surface area contributed by atoms with Gasteiger partial charge >= 0.3 is 5.97 Å². The van der Waals surface area contributed by atoms with Crippen molar-refractivity contribution < 1.29 is 9.90 Å². The summed E-state index contributed by atoms with van der Waals surface area (Å²) in [5, 5.41) is 14.1. The van der Waals surface area contributed by atoms with Crippen LogP contribution in [-0.2, 0) is 6.54 Å². The molecule has 18 heavy (non-hydrogen) atoms. The van der Waals surface area contributed by atoms with Crippen molar-refractivity contribution in [1.82, 2.24) is 5.32 Å². The minimum atomic E-state index is -0.835. The minimum Gasteiger partial charge on any atom is -0.478 e. The molecule has 0 amide bonds. The van der Waals surface area contributed by atoms with E-state index in [1.165, 1.54) is 43.4 Å². The van der Waals surface area contributed by atoms with Crippen LogP contribution >= 0.6 is 11.3 Å². The number of carboxylic acids is 1. The molecule has 0 aliphatic heterocycles. The van der Waals surface area contributed by atoms with Crippen molar-refractivity contribution in [3.8, 4) is 0 Å². The summed E-state index contributed by atoms with van der Waals surface area (Å²) in [5.41, 5.74) is 0.898. The van der Waals surface area contributed by atoms with Gasteiger partial charge in [-0.2, -0.15) is 0 Å². The Kier molecular flexibility index (Phi) is 4.40. The van der Waals surface area contributed by atoms with Gasteiger partial charge in [0.1, 0.15) is 0 Å². The summed E-state index contributed by atoms with van der Waals surface area (Å²) in [4.78, 5) is 11.9. The second kappa shape index (κ2) is 5.85.